The van der Waals surface area contributed by atoms with Crippen LogP contribution in [0, 0.1) is 16.7 Å². The predicted octanol–water partition coefficient (Wildman–Crippen LogP) is 3.47. The van der Waals surface area contributed by atoms with Crippen LogP contribution in [0.15, 0.2) is 60.7 Å². The van der Waals surface area contributed by atoms with Gasteiger partial charge in [-0.2, -0.15) is 5.26 Å². The number of hydrogen-bond acceptors (Lipinski definition) is 3. The number of amides is 1. The van der Waals surface area contributed by atoms with Crippen LogP contribution in [0.1, 0.15) is 31.0 Å². The fraction of sp³-hybridized carbons (Fsp3) is 0.364. The van der Waals surface area contributed by atoms with Crippen LogP contribution in [0.3, 0.4) is 0 Å². The Bertz CT molecular complexity index is 733. The van der Waals surface area contributed by atoms with Crippen LogP contribution in [0.5, 0.6) is 0 Å². The molecular weight excluding hydrogens is 322 g/mol. The Labute approximate surface area is 155 Å². The van der Waals surface area contributed by atoms with Gasteiger partial charge in [0.2, 0.25) is 5.91 Å². The summed E-state index contributed by atoms with van der Waals surface area (Å²) in [6.07, 6.45) is 0. The highest BCUT2D eigenvalue weighted by Gasteiger charge is 2.35. The molecule has 0 bridgehead atoms. The van der Waals surface area contributed by atoms with E-state index >= 15 is 0 Å². The number of rotatable bonds is 4. The van der Waals surface area contributed by atoms with Crippen LogP contribution in [0.2, 0.25) is 0 Å². The first-order chi connectivity index (χ1) is 12.5. The Morgan fingerprint density at radius 1 is 0.923 bits per heavy atom. The molecule has 3 rings (SSSR count). The van der Waals surface area contributed by atoms with Crippen molar-refractivity contribution in [1.29, 1.82) is 5.26 Å². The number of nitrogens with zero attached hydrogens (tertiary/aromatic N) is 3. The Kier molecular flexibility index (Phi) is 5.39. The second-order valence-corrected chi connectivity index (χ2v) is 7.29. The van der Waals surface area contributed by atoms with E-state index in [0.717, 1.165) is 13.1 Å². The lowest BCUT2D eigenvalue weighted by atomic mass is 9.93. The predicted molar refractivity (Wildman–Crippen MR) is 102 cm³/mol. The smallest absolute Gasteiger partial charge is 0.242 e. The fourth-order valence-corrected chi connectivity index (χ4v) is 3.51. The first-order valence-corrected chi connectivity index (χ1v) is 9.07. The van der Waals surface area contributed by atoms with Crippen molar-refractivity contribution in [3.05, 3.63) is 71.8 Å². The van der Waals surface area contributed by atoms with Gasteiger partial charge in [0.1, 0.15) is 5.41 Å². The molecular formula is C22H25N3O. The highest BCUT2D eigenvalue weighted by Crippen LogP contribution is 2.30. The Morgan fingerprint density at radius 3 is 1.81 bits per heavy atom. The molecule has 0 aromatic heterocycles. The van der Waals surface area contributed by atoms with Crippen LogP contribution in [-0.4, -0.2) is 41.9 Å². The summed E-state index contributed by atoms with van der Waals surface area (Å²) in [4.78, 5) is 16.8. The third kappa shape index (κ3) is 3.79. The van der Waals surface area contributed by atoms with Gasteiger partial charge in [0.15, 0.2) is 0 Å². The van der Waals surface area contributed by atoms with E-state index in [1.54, 1.807) is 13.8 Å². The van der Waals surface area contributed by atoms with Crippen molar-refractivity contribution in [2.45, 2.75) is 19.9 Å². The van der Waals surface area contributed by atoms with Crippen molar-refractivity contribution in [2.75, 3.05) is 26.2 Å². The van der Waals surface area contributed by atoms with Gasteiger partial charge >= 0.3 is 0 Å². The number of carbonyl (C=O) groups excluding carboxylic acids is 1. The van der Waals surface area contributed by atoms with E-state index in [-0.39, 0.29) is 11.9 Å². The molecule has 0 aliphatic carbocycles. The van der Waals surface area contributed by atoms with Gasteiger partial charge in [-0.15, -0.1) is 0 Å². The summed E-state index contributed by atoms with van der Waals surface area (Å²) >= 11 is 0. The third-order valence-corrected chi connectivity index (χ3v) is 5.01. The first-order valence-electron chi connectivity index (χ1n) is 9.07. The van der Waals surface area contributed by atoms with Crippen LogP contribution >= 0.6 is 0 Å². The molecule has 134 valence electrons. The maximum atomic E-state index is 12.6. The topological polar surface area (TPSA) is 47.3 Å². The van der Waals surface area contributed by atoms with Gasteiger partial charge in [-0.3, -0.25) is 9.69 Å². The lowest BCUT2D eigenvalue weighted by Crippen LogP contribution is -2.52. The molecule has 4 nitrogen and oxygen atoms in total. The minimum atomic E-state index is -0.958. The minimum Gasteiger partial charge on any atom is -0.339 e. The zero-order valence-electron chi connectivity index (χ0n) is 15.4. The monoisotopic (exact) mass is 347 g/mol. The number of nitriles is 1. The standard InChI is InChI=1S/C22H25N3O/c1-22(2,17-23)21(26)25-15-13-24(14-16-25)20(18-9-5-3-6-10-18)19-11-7-4-8-12-19/h3-12,20H,13-16H2,1-2H3. The number of piperazine rings is 1. The molecule has 0 spiro atoms. The van der Waals surface area contributed by atoms with Gasteiger partial charge in [-0.1, -0.05) is 60.7 Å². The summed E-state index contributed by atoms with van der Waals surface area (Å²) in [7, 11) is 0. The van der Waals surface area contributed by atoms with E-state index in [1.165, 1.54) is 11.1 Å². The summed E-state index contributed by atoms with van der Waals surface area (Å²) in [5, 5.41) is 9.22. The summed E-state index contributed by atoms with van der Waals surface area (Å²) < 4.78 is 0. The van der Waals surface area contributed by atoms with Crippen LogP contribution < -0.4 is 0 Å². The van der Waals surface area contributed by atoms with E-state index < -0.39 is 5.41 Å². The normalized spacial score (nSPS) is 15.7. The number of hydrogen-bond donors (Lipinski definition) is 0. The molecule has 1 amide bonds. The van der Waals surface area contributed by atoms with Gasteiger partial charge in [0, 0.05) is 26.2 Å². The molecule has 0 saturated carbocycles. The van der Waals surface area contributed by atoms with Crippen molar-refractivity contribution in [3.8, 4) is 6.07 Å². The zero-order valence-corrected chi connectivity index (χ0v) is 15.4. The third-order valence-electron chi connectivity index (χ3n) is 5.01. The molecule has 1 heterocycles. The summed E-state index contributed by atoms with van der Waals surface area (Å²) in [5.74, 6) is -0.0735. The van der Waals surface area contributed by atoms with Gasteiger partial charge in [-0.05, 0) is 25.0 Å². The maximum Gasteiger partial charge on any atom is 0.242 e. The zero-order chi connectivity index (χ0) is 18.6. The molecule has 0 unspecified atom stereocenters. The van der Waals surface area contributed by atoms with Crippen molar-refractivity contribution in [2.24, 2.45) is 5.41 Å². The molecule has 0 atom stereocenters. The van der Waals surface area contributed by atoms with E-state index in [2.05, 4.69) is 59.5 Å². The molecule has 1 saturated heterocycles. The van der Waals surface area contributed by atoms with Gasteiger partial charge in [0.25, 0.3) is 0 Å². The number of benzene rings is 2. The van der Waals surface area contributed by atoms with Gasteiger partial charge < -0.3 is 4.90 Å². The van der Waals surface area contributed by atoms with Crippen molar-refractivity contribution in [3.63, 3.8) is 0 Å². The quantitative estimate of drug-likeness (QED) is 0.851. The SMILES string of the molecule is CC(C)(C#N)C(=O)N1CCN(C(c2ccccc2)c2ccccc2)CC1. The molecule has 0 N–H and O–H groups in total. The number of carbonyl (C=O) groups is 1. The highest BCUT2D eigenvalue weighted by molar-refractivity contribution is 5.84. The Hall–Kier alpha value is -2.64. The Morgan fingerprint density at radius 2 is 1.38 bits per heavy atom. The van der Waals surface area contributed by atoms with Crippen molar-refractivity contribution >= 4 is 5.91 Å². The van der Waals surface area contributed by atoms with E-state index in [1.807, 2.05) is 17.0 Å². The van der Waals surface area contributed by atoms with Crippen LogP contribution in [0.25, 0.3) is 0 Å². The highest BCUT2D eigenvalue weighted by atomic mass is 16.2. The van der Waals surface area contributed by atoms with E-state index in [9.17, 15) is 10.1 Å². The molecule has 1 fully saturated rings. The lowest BCUT2D eigenvalue weighted by molar-refractivity contribution is -0.139. The van der Waals surface area contributed by atoms with Gasteiger partial charge in [0.05, 0.1) is 12.1 Å². The van der Waals surface area contributed by atoms with Crippen LogP contribution in [-0.2, 0) is 4.79 Å². The van der Waals surface area contributed by atoms with Crippen molar-refractivity contribution in [1.82, 2.24) is 9.80 Å². The molecule has 26 heavy (non-hydrogen) atoms. The fourth-order valence-electron chi connectivity index (χ4n) is 3.51. The molecule has 1 aliphatic heterocycles. The second kappa shape index (κ2) is 7.72. The summed E-state index contributed by atoms with van der Waals surface area (Å²) in [6.45, 7) is 6.28. The van der Waals surface area contributed by atoms with Crippen LogP contribution in [0.4, 0.5) is 0 Å². The summed E-state index contributed by atoms with van der Waals surface area (Å²) in [5.41, 5.74) is 1.56. The molecule has 4 heteroatoms. The summed E-state index contributed by atoms with van der Waals surface area (Å²) in [6, 6.07) is 23.3. The molecule has 2 aromatic rings. The second-order valence-electron chi connectivity index (χ2n) is 7.29. The largest absolute Gasteiger partial charge is 0.339 e. The van der Waals surface area contributed by atoms with E-state index in [4.69, 9.17) is 0 Å². The first kappa shape index (κ1) is 18.2. The molecule has 1 aliphatic rings. The molecule has 2 aromatic carbocycles. The average molecular weight is 347 g/mol. The maximum absolute atomic E-state index is 12.6. The van der Waals surface area contributed by atoms with Crippen molar-refractivity contribution < 1.29 is 4.79 Å². The lowest BCUT2D eigenvalue weighted by Gasteiger charge is -2.41. The van der Waals surface area contributed by atoms with Gasteiger partial charge in [-0.25, -0.2) is 0 Å². The minimum absolute atomic E-state index is 0.0735. The van der Waals surface area contributed by atoms with E-state index in [0.29, 0.717) is 13.1 Å². The average Bonchev–Trinajstić information content (AvgIpc) is 2.70. The Balaban J connectivity index is 1.79. The molecule has 0 radical (unpaired) electrons.